The van der Waals surface area contributed by atoms with Crippen molar-refractivity contribution < 1.29 is 0 Å². The first-order valence-electron chi connectivity index (χ1n) is 8.74. The number of likely N-dealkylation sites (tertiary alicyclic amines) is 1. The Morgan fingerprint density at radius 2 is 2.12 bits per heavy atom. The lowest BCUT2D eigenvalue weighted by atomic mass is 10.00. The van der Waals surface area contributed by atoms with Crippen LogP contribution in [0.4, 0.5) is 0 Å². The van der Waals surface area contributed by atoms with Gasteiger partial charge in [0.15, 0.2) is 11.8 Å². The molecule has 0 aliphatic carbocycles. The molecule has 3 heterocycles. The minimum absolute atomic E-state index is 0. The lowest BCUT2D eigenvalue weighted by Crippen LogP contribution is -2.45. The Balaban J connectivity index is 0.00000225. The predicted octanol–water partition coefficient (Wildman–Crippen LogP) is 3.08. The zero-order valence-corrected chi connectivity index (χ0v) is 17.3. The molecule has 0 atom stereocenters. The second kappa shape index (κ2) is 9.74. The van der Waals surface area contributed by atoms with E-state index in [1.165, 1.54) is 12.8 Å². The molecule has 1 aliphatic heterocycles. The zero-order chi connectivity index (χ0) is 16.8. The number of nitrogens with zero attached hydrogens (tertiary/aromatic N) is 5. The molecule has 6 nitrogen and oxygen atoms in total. The van der Waals surface area contributed by atoms with E-state index < -0.39 is 0 Å². The summed E-state index contributed by atoms with van der Waals surface area (Å²) in [6.07, 6.45) is 7.95. The Hall–Kier alpha value is -1.64. The monoisotopic (exact) mass is 454 g/mol. The normalized spacial score (nSPS) is 15.8. The fourth-order valence-electron chi connectivity index (χ4n) is 2.90. The average Bonchev–Trinajstić information content (AvgIpc) is 3.14. The molecule has 136 valence electrons. The molecule has 1 N–H and O–H groups in total. The Morgan fingerprint density at radius 3 is 2.80 bits per heavy atom. The summed E-state index contributed by atoms with van der Waals surface area (Å²) in [6.45, 7) is 8.15. The highest BCUT2D eigenvalue weighted by Gasteiger charge is 2.18. The van der Waals surface area contributed by atoms with Crippen molar-refractivity contribution in [1.82, 2.24) is 25.0 Å². The third-order valence-electron chi connectivity index (χ3n) is 4.38. The maximum atomic E-state index is 4.83. The number of aliphatic imine (C=N–C) groups is 1. The number of hydrogen-bond acceptors (Lipinski definition) is 3. The van der Waals surface area contributed by atoms with Crippen LogP contribution in [0.2, 0.25) is 0 Å². The van der Waals surface area contributed by atoms with E-state index in [1.807, 2.05) is 30.6 Å². The Labute approximate surface area is 166 Å². The minimum Gasteiger partial charge on any atom is -0.357 e. The first-order valence-corrected chi connectivity index (χ1v) is 8.74. The van der Waals surface area contributed by atoms with Crippen LogP contribution in [0.1, 0.15) is 32.3 Å². The smallest absolute Gasteiger partial charge is 0.194 e. The van der Waals surface area contributed by atoms with Gasteiger partial charge in [-0.05, 0) is 49.4 Å². The number of pyridine rings is 1. The van der Waals surface area contributed by atoms with Crippen molar-refractivity contribution in [2.45, 2.75) is 33.2 Å². The highest BCUT2D eigenvalue weighted by molar-refractivity contribution is 14.0. The molecule has 1 aliphatic rings. The van der Waals surface area contributed by atoms with Crippen LogP contribution in [0.15, 0.2) is 41.8 Å². The van der Waals surface area contributed by atoms with Crippen LogP contribution in [-0.4, -0.2) is 45.3 Å². The Morgan fingerprint density at radius 1 is 1.32 bits per heavy atom. The largest absolute Gasteiger partial charge is 0.357 e. The molecule has 0 amide bonds. The molecular weight excluding hydrogens is 427 g/mol. The van der Waals surface area contributed by atoms with Crippen molar-refractivity contribution in [3.63, 3.8) is 0 Å². The number of nitrogens with one attached hydrogen (secondary N) is 1. The summed E-state index contributed by atoms with van der Waals surface area (Å²) in [7, 11) is 0. The molecule has 25 heavy (non-hydrogen) atoms. The van der Waals surface area contributed by atoms with Gasteiger partial charge in [-0.2, -0.15) is 5.10 Å². The van der Waals surface area contributed by atoms with E-state index in [9.17, 15) is 0 Å². The first kappa shape index (κ1) is 19.7. The van der Waals surface area contributed by atoms with Gasteiger partial charge in [0.1, 0.15) is 0 Å². The van der Waals surface area contributed by atoms with Crippen LogP contribution < -0.4 is 5.32 Å². The number of rotatable bonds is 4. The van der Waals surface area contributed by atoms with Crippen LogP contribution in [0.25, 0.3) is 5.82 Å². The SMILES string of the molecule is CCNC(=NCc1ccnc(-n2cccn2)c1)N1CCC(C)CC1.I. The van der Waals surface area contributed by atoms with E-state index in [4.69, 9.17) is 4.99 Å². The number of hydrogen-bond donors (Lipinski definition) is 1. The van der Waals surface area contributed by atoms with E-state index in [2.05, 4.69) is 34.1 Å². The fraction of sp³-hybridized carbons (Fsp3) is 0.500. The quantitative estimate of drug-likeness (QED) is 0.439. The van der Waals surface area contributed by atoms with Crippen LogP contribution in [0.3, 0.4) is 0 Å². The highest BCUT2D eigenvalue weighted by Crippen LogP contribution is 2.16. The maximum Gasteiger partial charge on any atom is 0.194 e. The second-order valence-corrected chi connectivity index (χ2v) is 6.31. The first-order chi connectivity index (χ1) is 11.8. The third kappa shape index (κ3) is 5.42. The lowest BCUT2D eigenvalue weighted by Gasteiger charge is -2.33. The summed E-state index contributed by atoms with van der Waals surface area (Å²) in [5.41, 5.74) is 1.14. The molecular formula is C18H27IN6. The van der Waals surface area contributed by atoms with Gasteiger partial charge >= 0.3 is 0 Å². The van der Waals surface area contributed by atoms with Gasteiger partial charge in [0.2, 0.25) is 0 Å². The molecule has 7 heteroatoms. The van der Waals surface area contributed by atoms with Gasteiger partial charge in [0.25, 0.3) is 0 Å². The van der Waals surface area contributed by atoms with E-state index >= 15 is 0 Å². The van der Waals surface area contributed by atoms with Gasteiger partial charge in [0, 0.05) is 38.2 Å². The number of halogens is 1. The van der Waals surface area contributed by atoms with Crippen molar-refractivity contribution in [1.29, 1.82) is 0 Å². The molecule has 0 bridgehead atoms. The van der Waals surface area contributed by atoms with Gasteiger partial charge < -0.3 is 10.2 Å². The standard InChI is InChI=1S/C18H26N6.HI/c1-3-19-18(23-11-6-15(2)7-12-23)21-14-16-5-9-20-17(13-16)24-10-4-8-22-24;/h4-5,8-10,13,15H,3,6-7,11-12,14H2,1-2H3,(H,19,21);1H. The molecule has 0 radical (unpaired) electrons. The topological polar surface area (TPSA) is 58.3 Å². The molecule has 0 aromatic carbocycles. The van der Waals surface area contributed by atoms with Crippen LogP contribution in [0.5, 0.6) is 0 Å². The summed E-state index contributed by atoms with van der Waals surface area (Å²) in [5.74, 6) is 2.66. The van der Waals surface area contributed by atoms with Crippen molar-refractivity contribution in [3.8, 4) is 5.82 Å². The number of piperidine rings is 1. The number of guanidine groups is 1. The average molecular weight is 454 g/mol. The van der Waals surface area contributed by atoms with E-state index in [1.54, 1.807) is 10.9 Å². The van der Waals surface area contributed by atoms with Gasteiger partial charge in [0.05, 0.1) is 6.54 Å². The highest BCUT2D eigenvalue weighted by atomic mass is 127. The molecule has 1 fully saturated rings. The molecule has 2 aromatic heterocycles. The summed E-state index contributed by atoms with van der Waals surface area (Å²) < 4.78 is 1.77. The predicted molar refractivity (Wildman–Crippen MR) is 112 cm³/mol. The summed E-state index contributed by atoms with van der Waals surface area (Å²) in [6, 6.07) is 5.95. The van der Waals surface area contributed by atoms with Crippen LogP contribution in [0, 0.1) is 5.92 Å². The molecule has 0 unspecified atom stereocenters. The van der Waals surface area contributed by atoms with E-state index in [0.717, 1.165) is 42.9 Å². The van der Waals surface area contributed by atoms with Gasteiger partial charge in [-0.25, -0.2) is 14.7 Å². The van der Waals surface area contributed by atoms with Gasteiger partial charge in [-0.15, -0.1) is 24.0 Å². The van der Waals surface area contributed by atoms with Gasteiger partial charge in [-0.1, -0.05) is 6.92 Å². The lowest BCUT2D eigenvalue weighted by molar-refractivity contribution is 0.273. The molecule has 2 aromatic rings. The van der Waals surface area contributed by atoms with Crippen LogP contribution in [-0.2, 0) is 6.54 Å². The summed E-state index contributed by atoms with van der Waals surface area (Å²) in [5, 5.41) is 7.65. The third-order valence-corrected chi connectivity index (χ3v) is 4.38. The Kier molecular flexibility index (Phi) is 7.67. The van der Waals surface area contributed by atoms with Crippen molar-refractivity contribution in [2.24, 2.45) is 10.9 Å². The minimum atomic E-state index is 0. The maximum absolute atomic E-state index is 4.83. The molecule has 1 saturated heterocycles. The van der Waals surface area contributed by atoms with Crippen LogP contribution >= 0.6 is 24.0 Å². The number of aromatic nitrogens is 3. The van der Waals surface area contributed by atoms with E-state index in [-0.39, 0.29) is 24.0 Å². The van der Waals surface area contributed by atoms with Gasteiger partial charge in [-0.3, -0.25) is 0 Å². The van der Waals surface area contributed by atoms with E-state index in [0.29, 0.717) is 6.54 Å². The summed E-state index contributed by atoms with van der Waals surface area (Å²) >= 11 is 0. The Bertz CT molecular complexity index is 662. The molecule has 0 spiro atoms. The fourth-order valence-corrected chi connectivity index (χ4v) is 2.90. The second-order valence-electron chi connectivity index (χ2n) is 6.31. The zero-order valence-electron chi connectivity index (χ0n) is 14.9. The molecule has 0 saturated carbocycles. The van der Waals surface area contributed by atoms with Crippen molar-refractivity contribution >= 4 is 29.9 Å². The van der Waals surface area contributed by atoms with Crippen molar-refractivity contribution in [3.05, 3.63) is 42.4 Å². The molecule has 3 rings (SSSR count). The van der Waals surface area contributed by atoms with Crippen molar-refractivity contribution in [2.75, 3.05) is 19.6 Å². The summed E-state index contributed by atoms with van der Waals surface area (Å²) in [4.78, 5) is 11.6.